The zero-order chi connectivity index (χ0) is 13.1. The third-order valence-corrected chi connectivity index (χ3v) is 2.61. The lowest BCUT2D eigenvalue weighted by Crippen LogP contribution is -2.13. The number of carboxylic acid groups (broad SMARTS) is 1. The van der Waals surface area contributed by atoms with Crippen molar-refractivity contribution in [3.8, 4) is 0 Å². The highest BCUT2D eigenvalue weighted by Gasteiger charge is 2.22. The van der Waals surface area contributed by atoms with E-state index >= 15 is 0 Å². The minimum Gasteiger partial charge on any atom is -0.481 e. The van der Waals surface area contributed by atoms with E-state index in [1.807, 2.05) is 0 Å². The first-order valence-corrected chi connectivity index (χ1v) is 5.31. The van der Waals surface area contributed by atoms with Crippen LogP contribution in [-0.2, 0) is 4.79 Å². The largest absolute Gasteiger partial charge is 0.481 e. The van der Waals surface area contributed by atoms with Gasteiger partial charge in [-0.2, -0.15) is 0 Å². The van der Waals surface area contributed by atoms with Crippen LogP contribution in [0.15, 0.2) is 48.5 Å². The van der Waals surface area contributed by atoms with E-state index in [0.29, 0.717) is 0 Å². The van der Waals surface area contributed by atoms with Gasteiger partial charge in [-0.1, -0.05) is 24.3 Å². The van der Waals surface area contributed by atoms with Gasteiger partial charge >= 0.3 is 5.97 Å². The fourth-order valence-corrected chi connectivity index (χ4v) is 1.85. The Balaban J connectivity index is 2.50. The molecule has 0 atom stereocenters. The van der Waals surface area contributed by atoms with Crippen LogP contribution in [0.2, 0.25) is 0 Å². The van der Waals surface area contributed by atoms with Crippen molar-refractivity contribution in [1.82, 2.24) is 0 Å². The first-order valence-electron chi connectivity index (χ1n) is 5.31. The van der Waals surface area contributed by atoms with Crippen LogP contribution >= 0.6 is 0 Å². The minimum atomic E-state index is -1.15. The van der Waals surface area contributed by atoms with Gasteiger partial charge in [-0.15, -0.1) is 0 Å². The Morgan fingerprint density at radius 2 is 1.39 bits per heavy atom. The predicted molar refractivity (Wildman–Crippen MR) is 62.3 cm³/mol. The van der Waals surface area contributed by atoms with Crippen LogP contribution in [0.4, 0.5) is 8.78 Å². The standard InChI is InChI=1S/C14H10F2O2/c15-11-5-1-3-9(7-11)13(14(17)18)10-4-2-6-12(16)8-10/h1-8,13H,(H,17,18). The molecule has 0 aliphatic rings. The number of carbonyl (C=O) groups is 1. The molecule has 4 heteroatoms. The van der Waals surface area contributed by atoms with Crippen LogP contribution < -0.4 is 0 Å². The Kier molecular flexibility index (Phi) is 3.37. The van der Waals surface area contributed by atoms with E-state index in [4.69, 9.17) is 0 Å². The SMILES string of the molecule is O=C(O)C(c1cccc(F)c1)c1cccc(F)c1. The molecule has 0 saturated heterocycles. The second-order valence-electron chi connectivity index (χ2n) is 3.88. The number of benzene rings is 2. The third-order valence-electron chi connectivity index (χ3n) is 2.61. The van der Waals surface area contributed by atoms with E-state index in [2.05, 4.69) is 0 Å². The second-order valence-corrected chi connectivity index (χ2v) is 3.88. The molecule has 0 unspecified atom stereocenters. The fraction of sp³-hybridized carbons (Fsp3) is 0.0714. The lowest BCUT2D eigenvalue weighted by atomic mass is 9.91. The summed E-state index contributed by atoms with van der Waals surface area (Å²) in [5.41, 5.74) is 0.571. The molecule has 0 aliphatic carbocycles. The molecule has 0 saturated carbocycles. The zero-order valence-corrected chi connectivity index (χ0v) is 9.31. The molecule has 0 fully saturated rings. The summed E-state index contributed by atoms with van der Waals surface area (Å²) in [4.78, 5) is 11.3. The summed E-state index contributed by atoms with van der Waals surface area (Å²) in [6.45, 7) is 0. The van der Waals surface area contributed by atoms with Crippen LogP contribution in [0.25, 0.3) is 0 Å². The van der Waals surface area contributed by atoms with Crippen molar-refractivity contribution in [2.24, 2.45) is 0 Å². The van der Waals surface area contributed by atoms with Gasteiger partial charge in [0.2, 0.25) is 0 Å². The number of hydrogen-bond donors (Lipinski definition) is 1. The summed E-state index contributed by atoms with van der Waals surface area (Å²) in [6, 6.07) is 10.6. The van der Waals surface area contributed by atoms with Gasteiger partial charge in [-0.25, -0.2) is 8.78 Å². The monoisotopic (exact) mass is 248 g/mol. The van der Waals surface area contributed by atoms with Crippen LogP contribution in [-0.4, -0.2) is 11.1 Å². The fourth-order valence-electron chi connectivity index (χ4n) is 1.85. The summed E-state index contributed by atoms with van der Waals surface area (Å²) in [5.74, 6) is -3.26. The van der Waals surface area contributed by atoms with E-state index in [0.717, 1.165) is 12.1 Å². The van der Waals surface area contributed by atoms with E-state index in [1.54, 1.807) is 0 Å². The highest BCUT2D eigenvalue weighted by atomic mass is 19.1. The molecule has 0 radical (unpaired) electrons. The zero-order valence-electron chi connectivity index (χ0n) is 9.31. The van der Waals surface area contributed by atoms with Gasteiger partial charge in [0.25, 0.3) is 0 Å². The molecule has 2 aromatic rings. The summed E-state index contributed by atoms with van der Waals surface area (Å²) in [5, 5.41) is 9.22. The smallest absolute Gasteiger partial charge is 0.315 e. The first-order chi connectivity index (χ1) is 8.58. The Morgan fingerprint density at radius 1 is 0.944 bits per heavy atom. The van der Waals surface area contributed by atoms with Gasteiger partial charge in [0.1, 0.15) is 17.6 Å². The van der Waals surface area contributed by atoms with Gasteiger partial charge in [-0.05, 0) is 35.4 Å². The average molecular weight is 248 g/mol. The number of carboxylic acids is 1. The molecule has 0 spiro atoms. The van der Waals surface area contributed by atoms with Gasteiger partial charge < -0.3 is 5.11 Å². The molecule has 0 heterocycles. The Hall–Kier alpha value is -2.23. The lowest BCUT2D eigenvalue weighted by Gasteiger charge is -2.13. The molecular weight excluding hydrogens is 238 g/mol. The molecular formula is C14H10F2O2. The maximum Gasteiger partial charge on any atom is 0.315 e. The molecule has 0 amide bonds. The topological polar surface area (TPSA) is 37.3 Å². The van der Waals surface area contributed by atoms with Crippen molar-refractivity contribution in [1.29, 1.82) is 0 Å². The van der Waals surface area contributed by atoms with Crippen molar-refractivity contribution in [3.05, 3.63) is 71.3 Å². The quantitative estimate of drug-likeness (QED) is 0.905. The van der Waals surface area contributed by atoms with E-state index in [-0.39, 0.29) is 11.1 Å². The normalized spacial score (nSPS) is 10.6. The molecule has 2 nitrogen and oxygen atoms in total. The van der Waals surface area contributed by atoms with E-state index in [1.165, 1.54) is 36.4 Å². The Labute approximate surface area is 103 Å². The summed E-state index contributed by atoms with van der Waals surface area (Å²) < 4.78 is 26.2. The molecule has 0 aromatic heterocycles. The maximum atomic E-state index is 13.1. The second kappa shape index (κ2) is 4.96. The molecule has 2 rings (SSSR count). The van der Waals surface area contributed by atoms with Crippen molar-refractivity contribution >= 4 is 5.97 Å². The maximum absolute atomic E-state index is 13.1. The van der Waals surface area contributed by atoms with Crippen LogP contribution in [0, 0.1) is 11.6 Å². The molecule has 1 N–H and O–H groups in total. The number of halogens is 2. The van der Waals surface area contributed by atoms with Gasteiger partial charge in [-0.3, -0.25) is 4.79 Å². The van der Waals surface area contributed by atoms with Gasteiger partial charge in [0, 0.05) is 0 Å². The van der Waals surface area contributed by atoms with Crippen molar-refractivity contribution in [2.75, 3.05) is 0 Å². The van der Waals surface area contributed by atoms with Gasteiger partial charge in [0.15, 0.2) is 0 Å². The summed E-state index contributed by atoms with van der Waals surface area (Å²) >= 11 is 0. The number of hydrogen-bond acceptors (Lipinski definition) is 1. The first kappa shape index (κ1) is 12.2. The predicted octanol–water partition coefficient (Wildman–Crippen LogP) is 3.18. The van der Waals surface area contributed by atoms with Crippen LogP contribution in [0.1, 0.15) is 17.0 Å². The minimum absolute atomic E-state index is 0.285. The Bertz CT molecular complexity index is 536. The number of aliphatic carboxylic acids is 1. The average Bonchev–Trinajstić information content (AvgIpc) is 2.28. The van der Waals surface area contributed by atoms with E-state index < -0.39 is 23.5 Å². The summed E-state index contributed by atoms with van der Waals surface area (Å²) in [6.07, 6.45) is 0. The third kappa shape index (κ3) is 2.53. The van der Waals surface area contributed by atoms with Crippen molar-refractivity contribution in [2.45, 2.75) is 5.92 Å². The van der Waals surface area contributed by atoms with Crippen LogP contribution in [0.5, 0.6) is 0 Å². The highest BCUT2D eigenvalue weighted by Crippen LogP contribution is 2.26. The molecule has 92 valence electrons. The van der Waals surface area contributed by atoms with Crippen molar-refractivity contribution < 1.29 is 18.7 Å². The van der Waals surface area contributed by atoms with Gasteiger partial charge in [0.05, 0.1) is 0 Å². The Morgan fingerprint density at radius 3 is 1.72 bits per heavy atom. The molecule has 18 heavy (non-hydrogen) atoms. The molecule has 0 aliphatic heterocycles. The van der Waals surface area contributed by atoms with E-state index in [9.17, 15) is 18.7 Å². The number of rotatable bonds is 3. The summed E-state index contributed by atoms with van der Waals surface area (Å²) in [7, 11) is 0. The lowest BCUT2D eigenvalue weighted by molar-refractivity contribution is -0.137. The highest BCUT2D eigenvalue weighted by molar-refractivity contribution is 5.80. The molecule has 2 aromatic carbocycles. The molecule has 0 bridgehead atoms. The van der Waals surface area contributed by atoms with Crippen molar-refractivity contribution in [3.63, 3.8) is 0 Å². The van der Waals surface area contributed by atoms with Crippen LogP contribution in [0.3, 0.4) is 0 Å².